The lowest BCUT2D eigenvalue weighted by Crippen LogP contribution is -2.01. The molecule has 0 aromatic heterocycles. The van der Waals surface area contributed by atoms with Crippen molar-refractivity contribution in [2.75, 3.05) is 5.73 Å². The number of nitrogen functional groups attached to an aromatic ring is 1. The first-order valence-corrected chi connectivity index (χ1v) is 7.35. The molecule has 0 heterocycles. The van der Waals surface area contributed by atoms with E-state index in [0.29, 0.717) is 16.1 Å². The van der Waals surface area contributed by atoms with Crippen LogP contribution < -0.4 is 5.73 Å². The monoisotopic (exact) mass is 297 g/mol. The molecule has 2 aromatic rings. The minimum atomic E-state index is -1.30. The van der Waals surface area contributed by atoms with E-state index >= 15 is 0 Å². The van der Waals surface area contributed by atoms with E-state index in [4.69, 9.17) is 17.3 Å². The molecule has 0 fully saturated rings. The van der Waals surface area contributed by atoms with E-state index in [9.17, 15) is 8.60 Å². The van der Waals surface area contributed by atoms with Crippen molar-refractivity contribution in [2.24, 2.45) is 0 Å². The van der Waals surface area contributed by atoms with E-state index in [-0.39, 0.29) is 10.8 Å². The summed E-state index contributed by atoms with van der Waals surface area (Å²) in [6.45, 7) is 1.91. The minimum absolute atomic E-state index is 0.0596. The summed E-state index contributed by atoms with van der Waals surface area (Å²) < 4.78 is 25.5. The van der Waals surface area contributed by atoms with Gasteiger partial charge in [-0.25, -0.2) is 4.39 Å². The van der Waals surface area contributed by atoms with E-state index in [1.165, 1.54) is 12.1 Å². The Balaban J connectivity index is 2.23. The van der Waals surface area contributed by atoms with Crippen LogP contribution in [0.4, 0.5) is 10.1 Å². The Bertz CT molecular complexity index is 645. The molecule has 2 rings (SSSR count). The van der Waals surface area contributed by atoms with Gasteiger partial charge in [0.1, 0.15) is 5.82 Å². The van der Waals surface area contributed by atoms with Gasteiger partial charge in [-0.2, -0.15) is 0 Å². The van der Waals surface area contributed by atoms with Crippen molar-refractivity contribution in [2.45, 2.75) is 17.6 Å². The molecule has 1 unspecified atom stereocenters. The number of anilines is 1. The summed E-state index contributed by atoms with van der Waals surface area (Å²) in [5, 5.41) is 0.0596. The molecular formula is C14H13ClFNOS. The quantitative estimate of drug-likeness (QED) is 0.878. The maximum Gasteiger partial charge on any atom is 0.142 e. The summed E-state index contributed by atoms with van der Waals surface area (Å²) in [5.41, 5.74) is 7.97. The first-order chi connectivity index (χ1) is 8.97. The van der Waals surface area contributed by atoms with Gasteiger partial charge in [-0.3, -0.25) is 4.21 Å². The molecule has 0 aliphatic heterocycles. The van der Waals surface area contributed by atoms with E-state index in [1.807, 2.05) is 13.0 Å². The van der Waals surface area contributed by atoms with Gasteiger partial charge in [0, 0.05) is 5.69 Å². The maximum atomic E-state index is 13.3. The summed E-state index contributed by atoms with van der Waals surface area (Å²) in [5.74, 6) is -0.297. The molecule has 19 heavy (non-hydrogen) atoms. The number of benzene rings is 2. The standard InChI is InChI=1S/C14H13ClFNOS/c1-9-2-5-14(13(17)6-9)19(18)8-10-3-4-11(15)12(16)7-10/h2-7H,8,17H2,1H3. The molecule has 2 nitrogen and oxygen atoms in total. The molecule has 2 aromatic carbocycles. The van der Waals surface area contributed by atoms with Crippen molar-refractivity contribution in [3.8, 4) is 0 Å². The number of hydrogen-bond donors (Lipinski definition) is 1. The highest BCUT2D eigenvalue weighted by atomic mass is 35.5. The Kier molecular flexibility index (Phi) is 4.22. The van der Waals surface area contributed by atoms with Crippen LogP contribution in [0.25, 0.3) is 0 Å². The number of hydrogen-bond acceptors (Lipinski definition) is 2. The fourth-order valence-electron chi connectivity index (χ4n) is 1.73. The number of halogens is 2. The third-order valence-electron chi connectivity index (χ3n) is 2.69. The summed E-state index contributed by atoms with van der Waals surface area (Å²) in [4.78, 5) is 0.570. The summed E-state index contributed by atoms with van der Waals surface area (Å²) in [6, 6.07) is 9.79. The van der Waals surface area contributed by atoms with Crippen LogP contribution in [0.1, 0.15) is 11.1 Å². The van der Waals surface area contributed by atoms with Crippen LogP contribution in [-0.2, 0) is 16.6 Å². The van der Waals surface area contributed by atoms with Crippen LogP contribution in [0.2, 0.25) is 5.02 Å². The predicted octanol–water partition coefficient (Wildman–Crippen LogP) is 3.68. The molecule has 0 aliphatic carbocycles. The second-order valence-electron chi connectivity index (χ2n) is 4.28. The van der Waals surface area contributed by atoms with Crippen LogP contribution in [0.5, 0.6) is 0 Å². The molecule has 0 saturated heterocycles. The van der Waals surface area contributed by atoms with Crippen molar-refractivity contribution in [1.82, 2.24) is 0 Å². The zero-order valence-electron chi connectivity index (χ0n) is 10.3. The third kappa shape index (κ3) is 3.33. The molecule has 1 atom stereocenters. The van der Waals surface area contributed by atoms with Crippen molar-refractivity contribution in [1.29, 1.82) is 0 Å². The second-order valence-corrected chi connectivity index (χ2v) is 6.11. The Morgan fingerprint density at radius 2 is 2.00 bits per heavy atom. The highest BCUT2D eigenvalue weighted by Crippen LogP contribution is 2.22. The van der Waals surface area contributed by atoms with Crippen molar-refractivity contribution >= 4 is 28.1 Å². The Morgan fingerprint density at radius 1 is 1.26 bits per heavy atom. The highest BCUT2D eigenvalue weighted by Gasteiger charge is 2.10. The van der Waals surface area contributed by atoms with Gasteiger partial charge in [-0.05, 0) is 42.3 Å². The average molecular weight is 298 g/mol. The normalized spacial score (nSPS) is 12.4. The van der Waals surface area contributed by atoms with Gasteiger partial charge in [0.15, 0.2) is 0 Å². The van der Waals surface area contributed by atoms with Gasteiger partial charge >= 0.3 is 0 Å². The zero-order chi connectivity index (χ0) is 14.0. The highest BCUT2D eigenvalue weighted by molar-refractivity contribution is 7.84. The zero-order valence-corrected chi connectivity index (χ0v) is 11.9. The third-order valence-corrected chi connectivity index (χ3v) is 4.46. The van der Waals surface area contributed by atoms with Crippen LogP contribution in [0.15, 0.2) is 41.3 Å². The van der Waals surface area contributed by atoms with Crippen LogP contribution in [0, 0.1) is 12.7 Å². The van der Waals surface area contributed by atoms with Gasteiger partial charge in [0.2, 0.25) is 0 Å². The van der Waals surface area contributed by atoms with Crippen LogP contribution in [-0.4, -0.2) is 4.21 Å². The molecule has 0 amide bonds. The average Bonchev–Trinajstić information content (AvgIpc) is 2.33. The lowest BCUT2D eigenvalue weighted by molar-refractivity contribution is 0.626. The Labute approximate surface area is 118 Å². The van der Waals surface area contributed by atoms with Crippen molar-refractivity contribution in [3.05, 3.63) is 58.4 Å². The Morgan fingerprint density at radius 3 is 2.63 bits per heavy atom. The van der Waals surface area contributed by atoms with Gasteiger partial charge in [-0.15, -0.1) is 0 Å². The van der Waals surface area contributed by atoms with Gasteiger partial charge in [0.25, 0.3) is 0 Å². The number of nitrogens with two attached hydrogens (primary N) is 1. The van der Waals surface area contributed by atoms with Crippen LogP contribution in [0.3, 0.4) is 0 Å². The smallest absolute Gasteiger partial charge is 0.142 e. The van der Waals surface area contributed by atoms with Gasteiger partial charge in [0.05, 0.1) is 26.5 Å². The molecule has 0 saturated carbocycles. The molecular weight excluding hydrogens is 285 g/mol. The molecule has 5 heteroatoms. The first kappa shape index (κ1) is 14.0. The van der Waals surface area contributed by atoms with Crippen LogP contribution >= 0.6 is 11.6 Å². The summed E-state index contributed by atoms with van der Waals surface area (Å²) >= 11 is 5.61. The molecule has 0 aliphatic rings. The maximum absolute atomic E-state index is 13.3. The molecule has 0 bridgehead atoms. The molecule has 0 spiro atoms. The van der Waals surface area contributed by atoms with Crippen molar-refractivity contribution < 1.29 is 8.60 Å². The Hall–Kier alpha value is -1.39. The molecule has 2 N–H and O–H groups in total. The van der Waals surface area contributed by atoms with E-state index in [1.54, 1.807) is 18.2 Å². The fourth-order valence-corrected chi connectivity index (χ4v) is 3.03. The van der Waals surface area contributed by atoms with Gasteiger partial charge in [-0.1, -0.05) is 23.7 Å². The predicted molar refractivity (Wildman–Crippen MR) is 77.1 cm³/mol. The fraction of sp³-hybridized carbons (Fsp3) is 0.143. The van der Waals surface area contributed by atoms with E-state index in [2.05, 4.69) is 0 Å². The molecule has 0 radical (unpaired) electrons. The van der Waals surface area contributed by atoms with Gasteiger partial charge < -0.3 is 5.73 Å². The summed E-state index contributed by atoms with van der Waals surface area (Å²) in [6.07, 6.45) is 0. The van der Waals surface area contributed by atoms with E-state index < -0.39 is 16.6 Å². The summed E-state index contributed by atoms with van der Waals surface area (Å²) in [7, 11) is -1.30. The molecule has 100 valence electrons. The van der Waals surface area contributed by atoms with E-state index in [0.717, 1.165) is 5.56 Å². The number of aryl methyl sites for hydroxylation is 1. The lowest BCUT2D eigenvalue weighted by Gasteiger charge is -2.07. The minimum Gasteiger partial charge on any atom is -0.398 e. The SMILES string of the molecule is Cc1ccc(S(=O)Cc2ccc(Cl)c(F)c2)c(N)c1. The first-order valence-electron chi connectivity index (χ1n) is 5.66. The number of rotatable bonds is 3. The van der Waals surface area contributed by atoms with Crippen molar-refractivity contribution in [3.63, 3.8) is 0 Å². The largest absolute Gasteiger partial charge is 0.398 e. The topological polar surface area (TPSA) is 43.1 Å². The second kappa shape index (κ2) is 5.72. The lowest BCUT2D eigenvalue weighted by atomic mass is 10.2.